The molecule has 0 radical (unpaired) electrons. The summed E-state index contributed by atoms with van der Waals surface area (Å²) in [7, 11) is -3.86. The van der Waals surface area contributed by atoms with E-state index in [0.29, 0.717) is 10.0 Å². The standard InChI is InChI=1S/C16H12Cl2O4S/c17-13-5-1-11(2-6-13)15(19)9-23(21,22)10-16(20)12-3-7-14(18)8-4-12/h1-8H,9-10H2. The molecule has 2 aromatic carbocycles. The lowest BCUT2D eigenvalue weighted by Crippen LogP contribution is -2.23. The predicted molar refractivity (Wildman–Crippen MR) is 90.2 cm³/mol. The van der Waals surface area contributed by atoms with E-state index < -0.39 is 32.9 Å². The van der Waals surface area contributed by atoms with Crippen molar-refractivity contribution < 1.29 is 18.0 Å². The molecular formula is C16H12Cl2O4S. The van der Waals surface area contributed by atoms with Gasteiger partial charge in [0.05, 0.1) is 0 Å². The Kier molecular flexibility index (Phi) is 5.57. The van der Waals surface area contributed by atoms with E-state index in [-0.39, 0.29) is 11.1 Å². The second-order valence-electron chi connectivity index (χ2n) is 4.89. The number of carbonyl (C=O) groups is 2. The molecule has 120 valence electrons. The van der Waals surface area contributed by atoms with E-state index in [1.807, 2.05) is 0 Å². The minimum absolute atomic E-state index is 0.233. The van der Waals surface area contributed by atoms with Crippen molar-refractivity contribution in [2.45, 2.75) is 0 Å². The molecule has 0 saturated carbocycles. The maximum Gasteiger partial charge on any atom is 0.177 e. The molecule has 0 saturated heterocycles. The number of Topliss-reactive ketones (excluding diaryl/α,β-unsaturated/α-hetero) is 2. The van der Waals surface area contributed by atoms with Gasteiger partial charge in [0.15, 0.2) is 21.4 Å². The van der Waals surface area contributed by atoms with Crippen molar-refractivity contribution in [3.8, 4) is 0 Å². The average Bonchev–Trinajstić information content (AvgIpc) is 2.47. The number of rotatable bonds is 6. The summed E-state index contributed by atoms with van der Waals surface area (Å²) in [6, 6.07) is 11.8. The van der Waals surface area contributed by atoms with Crippen LogP contribution >= 0.6 is 23.2 Å². The topological polar surface area (TPSA) is 68.3 Å². The van der Waals surface area contributed by atoms with Gasteiger partial charge in [0.1, 0.15) is 11.5 Å². The van der Waals surface area contributed by atoms with Gasteiger partial charge >= 0.3 is 0 Å². The largest absolute Gasteiger partial charge is 0.293 e. The van der Waals surface area contributed by atoms with Gasteiger partial charge in [-0.1, -0.05) is 23.2 Å². The van der Waals surface area contributed by atoms with Gasteiger partial charge < -0.3 is 0 Å². The lowest BCUT2D eigenvalue weighted by atomic mass is 10.1. The Hall–Kier alpha value is -1.69. The van der Waals surface area contributed by atoms with Crippen LogP contribution < -0.4 is 0 Å². The van der Waals surface area contributed by atoms with Crippen LogP contribution in [-0.4, -0.2) is 31.5 Å². The fourth-order valence-electron chi connectivity index (χ4n) is 1.89. The van der Waals surface area contributed by atoms with E-state index in [9.17, 15) is 18.0 Å². The van der Waals surface area contributed by atoms with Crippen LogP contribution in [0.3, 0.4) is 0 Å². The molecule has 0 unspecified atom stereocenters. The number of hydrogen-bond donors (Lipinski definition) is 0. The van der Waals surface area contributed by atoms with E-state index in [1.54, 1.807) is 0 Å². The van der Waals surface area contributed by atoms with Crippen LogP contribution in [0.2, 0.25) is 10.0 Å². The first-order valence-electron chi connectivity index (χ1n) is 6.55. The number of hydrogen-bond acceptors (Lipinski definition) is 4. The van der Waals surface area contributed by atoms with Crippen LogP contribution in [0.15, 0.2) is 48.5 Å². The van der Waals surface area contributed by atoms with Gasteiger partial charge in [0.25, 0.3) is 0 Å². The van der Waals surface area contributed by atoms with Gasteiger partial charge in [0, 0.05) is 21.2 Å². The Bertz CT molecular complexity index is 760. The third kappa shape index (κ3) is 5.16. The molecule has 2 rings (SSSR count). The van der Waals surface area contributed by atoms with E-state index in [2.05, 4.69) is 0 Å². The Morgan fingerprint density at radius 2 is 1.00 bits per heavy atom. The molecule has 0 atom stereocenters. The smallest absolute Gasteiger partial charge is 0.177 e. The summed E-state index contributed by atoms with van der Waals surface area (Å²) in [6.45, 7) is 0. The molecule has 0 fully saturated rings. The van der Waals surface area contributed by atoms with Gasteiger partial charge in [-0.15, -0.1) is 0 Å². The van der Waals surface area contributed by atoms with E-state index in [0.717, 1.165) is 0 Å². The quantitative estimate of drug-likeness (QED) is 0.730. The summed E-state index contributed by atoms with van der Waals surface area (Å²) in [5.41, 5.74) is 0.467. The number of benzene rings is 2. The highest BCUT2D eigenvalue weighted by molar-refractivity contribution is 7.92. The molecule has 7 heteroatoms. The molecule has 0 aliphatic rings. The molecule has 4 nitrogen and oxygen atoms in total. The average molecular weight is 371 g/mol. The van der Waals surface area contributed by atoms with Crippen LogP contribution in [0.1, 0.15) is 20.7 Å². The zero-order valence-corrected chi connectivity index (χ0v) is 14.2. The molecule has 0 N–H and O–H groups in total. The van der Waals surface area contributed by atoms with Crippen molar-refractivity contribution in [1.29, 1.82) is 0 Å². The minimum Gasteiger partial charge on any atom is -0.293 e. The second kappa shape index (κ2) is 7.25. The van der Waals surface area contributed by atoms with Crippen molar-refractivity contribution in [3.63, 3.8) is 0 Å². The number of halogens is 2. The van der Waals surface area contributed by atoms with Crippen molar-refractivity contribution in [2.75, 3.05) is 11.5 Å². The first kappa shape index (κ1) is 17.7. The Balaban J connectivity index is 2.06. The molecule has 0 bridgehead atoms. The van der Waals surface area contributed by atoms with E-state index >= 15 is 0 Å². The SMILES string of the molecule is O=C(CS(=O)(=O)CC(=O)c1ccc(Cl)cc1)c1ccc(Cl)cc1. The van der Waals surface area contributed by atoms with Crippen LogP contribution in [0, 0.1) is 0 Å². The fraction of sp³-hybridized carbons (Fsp3) is 0.125. The maximum absolute atomic E-state index is 12.0. The summed E-state index contributed by atoms with van der Waals surface area (Å²) in [5, 5.41) is 0.893. The number of carbonyl (C=O) groups excluding carboxylic acids is 2. The van der Waals surface area contributed by atoms with Crippen LogP contribution in [0.25, 0.3) is 0 Å². The van der Waals surface area contributed by atoms with Crippen LogP contribution in [0.5, 0.6) is 0 Å². The van der Waals surface area contributed by atoms with Gasteiger partial charge in [-0.25, -0.2) is 8.42 Å². The first-order chi connectivity index (χ1) is 10.8. The maximum atomic E-state index is 12.0. The van der Waals surface area contributed by atoms with Gasteiger partial charge in [-0.3, -0.25) is 9.59 Å². The van der Waals surface area contributed by atoms with Gasteiger partial charge in [-0.2, -0.15) is 0 Å². The first-order valence-corrected chi connectivity index (χ1v) is 9.12. The highest BCUT2D eigenvalue weighted by Crippen LogP contribution is 2.13. The summed E-state index contributed by atoms with van der Waals surface area (Å²) in [6.07, 6.45) is 0. The third-order valence-corrected chi connectivity index (χ3v) is 4.94. The molecule has 23 heavy (non-hydrogen) atoms. The Labute approximate surface area is 144 Å². The molecular weight excluding hydrogens is 359 g/mol. The predicted octanol–water partition coefficient (Wildman–Crippen LogP) is 3.47. The monoisotopic (exact) mass is 370 g/mol. The van der Waals surface area contributed by atoms with Crippen LogP contribution in [0.4, 0.5) is 0 Å². The normalized spacial score (nSPS) is 11.2. The van der Waals surface area contributed by atoms with Crippen molar-refractivity contribution in [2.24, 2.45) is 0 Å². The molecule has 2 aromatic rings. The minimum atomic E-state index is -3.86. The highest BCUT2D eigenvalue weighted by Gasteiger charge is 2.22. The summed E-state index contributed by atoms with van der Waals surface area (Å²) < 4.78 is 24.1. The molecule has 0 amide bonds. The van der Waals surface area contributed by atoms with Gasteiger partial charge in [-0.05, 0) is 48.5 Å². The lowest BCUT2D eigenvalue weighted by Gasteiger charge is -2.04. The zero-order valence-electron chi connectivity index (χ0n) is 11.8. The summed E-state index contributed by atoms with van der Waals surface area (Å²) >= 11 is 11.4. The molecule has 0 spiro atoms. The number of ketones is 2. The highest BCUT2D eigenvalue weighted by atomic mass is 35.5. The Morgan fingerprint density at radius 1 is 0.696 bits per heavy atom. The zero-order chi connectivity index (χ0) is 17.0. The summed E-state index contributed by atoms with van der Waals surface area (Å²) in [4.78, 5) is 24.0. The van der Waals surface area contributed by atoms with Crippen LogP contribution in [-0.2, 0) is 9.84 Å². The summed E-state index contributed by atoms with van der Waals surface area (Å²) in [5.74, 6) is -2.61. The third-order valence-electron chi connectivity index (χ3n) is 3.03. The molecule has 0 heterocycles. The lowest BCUT2D eigenvalue weighted by molar-refractivity contribution is 0.102. The Morgan fingerprint density at radius 3 is 1.30 bits per heavy atom. The van der Waals surface area contributed by atoms with Crippen molar-refractivity contribution in [3.05, 3.63) is 69.7 Å². The van der Waals surface area contributed by atoms with Gasteiger partial charge in [0.2, 0.25) is 0 Å². The molecule has 0 aliphatic heterocycles. The molecule has 0 aromatic heterocycles. The van der Waals surface area contributed by atoms with E-state index in [4.69, 9.17) is 23.2 Å². The van der Waals surface area contributed by atoms with Crippen molar-refractivity contribution >= 4 is 44.6 Å². The fourth-order valence-corrected chi connectivity index (χ4v) is 3.38. The molecule has 0 aliphatic carbocycles. The van der Waals surface area contributed by atoms with E-state index in [1.165, 1.54) is 48.5 Å². The number of sulfone groups is 1. The second-order valence-corrected chi connectivity index (χ2v) is 7.83. The van der Waals surface area contributed by atoms with Crippen molar-refractivity contribution in [1.82, 2.24) is 0 Å².